The smallest absolute Gasteiger partial charge is 0.394 e. The van der Waals surface area contributed by atoms with E-state index in [4.69, 9.17) is 5.11 Å². The molecule has 104 valence electrons. The Morgan fingerprint density at radius 1 is 1.25 bits per heavy atom. The minimum Gasteiger partial charge on any atom is -0.474 e. The van der Waals surface area contributed by atoms with Gasteiger partial charge < -0.3 is 15.3 Å². The van der Waals surface area contributed by atoms with Crippen molar-refractivity contribution < 1.29 is 14.7 Å². The predicted octanol–water partition coefficient (Wildman–Crippen LogP) is 1.57. The summed E-state index contributed by atoms with van der Waals surface area (Å²) in [6, 6.07) is 7.12. The number of carboxylic acids is 1. The average molecular weight is 273 g/mol. The number of hydrogen-bond donors (Lipinski definition) is 2. The van der Waals surface area contributed by atoms with E-state index in [1.165, 1.54) is 12.5 Å². The molecule has 0 unspecified atom stereocenters. The molecule has 6 nitrogen and oxygen atoms in total. The van der Waals surface area contributed by atoms with Gasteiger partial charge in [-0.3, -0.25) is 4.79 Å². The summed E-state index contributed by atoms with van der Waals surface area (Å²) in [6.07, 6.45) is 3.31. The van der Waals surface area contributed by atoms with Crippen LogP contribution in [0.3, 0.4) is 0 Å². The van der Waals surface area contributed by atoms with Crippen molar-refractivity contribution in [2.75, 3.05) is 23.3 Å². The second kappa shape index (κ2) is 6.06. The van der Waals surface area contributed by atoms with Crippen LogP contribution in [-0.2, 0) is 9.59 Å². The lowest BCUT2D eigenvalue weighted by molar-refractivity contribution is -0.147. The molecule has 1 saturated heterocycles. The minimum atomic E-state index is -1.57. The third kappa shape index (κ3) is 2.88. The highest BCUT2D eigenvalue weighted by molar-refractivity contribution is 6.36. The standard InChI is InChI=1S/C14H15N3O3/c15-9-10-11(16-13(18)14(19)20)5-4-6-12(10)17-7-2-1-3-8-17/h4-6H,1-3,7-8H2,(H,16,18)(H,19,20). The Balaban J connectivity index is 2.32. The lowest BCUT2D eigenvalue weighted by Crippen LogP contribution is -2.30. The van der Waals surface area contributed by atoms with Gasteiger partial charge in [0.2, 0.25) is 0 Å². The van der Waals surface area contributed by atoms with E-state index in [2.05, 4.69) is 16.3 Å². The van der Waals surface area contributed by atoms with E-state index in [-0.39, 0.29) is 5.69 Å². The Bertz CT molecular complexity index is 572. The van der Waals surface area contributed by atoms with Gasteiger partial charge >= 0.3 is 11.9 Å². The number of hydrogen-bond acceptors (Lipinski definition) is 4. The molecule has 0 radical (unpaired) electrons. The van der Waals surface area contributed by atoms with Crippen LogP contribution in [0.2, 0.25) is 0 Å². The number of nitrogens with zero attached hydrogens (tertiary/aromatic N) is 2. The maximum absolute atomic E-state index is 11.2. The number of carbonyl (C=O) groups is 2. The second-order valence-corrected chi connectivity index (χ2v) is 4.62. The van der Waals surface area contributed by atoms with Gasteiger partial charge in [-0.2, -0.15) is 5.26 Å². The highest BCUT2D eigenvalue weighted by atomic mass is 16.4. The van der Waals surface area contributed by atoms with Gasteiger partial charge in [-0.1, -0.05) is 6.07 Å². The first-order chi connectivity index (χ1) is 9.63. The first kappa shape index (κ1) is 13.9. The average Bonchev–Trinajstić information content (AvgIpc) is 2.47. The molecule has 1 fully saturated rings. The lowest BCUT2D eigenvalue weighted by Gasteiger charge is -2.30. The Morgan fingerprint density at radius 2 is 1.95 bits per heavy atom. The summed E-state index contributed by atoms with van der Waals surface area (Å²) in [6.45, 7) is 1.73. The van der Waals surface area contributed by atoms with Gasteiger partial charge in [0.15, 0.2) is 0 Å². The molecule has 1 aliphatic rings. The lowest BCUT2D eigenvalue weighted by atomic mass is 10.1. The summed E-state index contributed by atoms with van der Waals surface area (Å²) in [5.41, 5.74) is 1.29. The van der Waals surface area contributed by atoms with E-state index < -0.39 is 11.9 Å². The molecule has 1 aromatic carbocycles. The molecule has 2 N–H and O–H groups in total. The quantitative estimate of drug-likeness (QED) is 0.798. The van der Waals surface area contributed by atoms with Gasteiger partial charge in [-0.05, 0) is 31.4 Å². The number of aliphatic carboxylic acids is 1. The van der Waals surface area contributed by atoms with Gasteiger partial charge in [0.05, 0.1) is 16.9 Å². The molecule has 0 saturated carbocycles. The van der Waals surface area contributed by atoms with Crippen LogP contribution >= 0.6 is 0 Å². The zero-order valence-electron chi connectivity index (χ0n) is 10.9. The maximum atomic E-state index is 11.2. The zero-order valence-corrected chi connectivity index (χ0v) is 10.9. The highest BCUT2D eigenvalue weighted by Gasteiger charge is 2.19. The molecule has 0 aromatic heterocycles. The summed E-state index contributed by atoms with van der Waals surface area (Å²) in [5.74, 6) is -2.71. The van der Waals surface area contributed by atoms with Crippen molar-refractivity contribution in [1.82, 2.24) is 0 Å². The van der Waals surface area contributed by atoms with Crippen molar-refractivity contribution in [2.45, 2.75) is 19.3 Å². The predicted molar refractivity (Wildman–Crippen MR) is 73.5 cm³/mol. The third-order valence-electron chi connectivity index (χ3n) is 3.29. The van der Waals surface area contributed by atoms with Crippen LogP contribution in [-0.4, -0.2) is 30.1 Å². The van der Waals surface area contributed by atoms with Gasteiger partial charge in [-0.15, -0.1) is 0 Å². The molecule has 2 rings (SSSR count). The van der Waals surface area contributed by atoms with Crippen molar-refractivity contribution in [1.29, 1.82) is 5.26 Å². The number of piperidine rings is 1. The molecule has 0 bridgehead atoms. The number of nitrogens with one attached hydrogen (secondary N) is 1. The van der Waals surface area contributed by atoms with Crippen LogP contribution in [0.25, 0.3) is 0 Å². The molecule has 1 aromatic rings. The van der Waals surface area contributed by atoms with Crippen LogP contribution in [0.15, 0.2) is 18.2 Å². The van der Waals surface area contributed by atoms with E-state index >= 15 is 0 Å². The van der Waals surface area contributed by atoms with Gasteiger partial charge in [-0.25, -0.2) is 4.79 Å². The molecule has 1 heterocycles. The fourth-order valence-electron chi connectivity index (χ4n) is 2.34. The number of nitriles is 1. The third-order valence-corrected chi connectivity index (χ3v) is 3.29. The van der Waals surface area contributed by atoms with E-state index in [1.54, 1.807) is 6.07 Å². The number of rotatable bonds is 2. The molecular weight excluding hydrogens is 258 g/mol. The number of carbonyl (C=O) groups excluding carboxylic acids is 1. The van der Waals surface area contributed by atoms with Gasteiger partial charge in [0.1, 0.15) is 6.07 Å². The highest BCUT2D eigenvalue weighted by Crippen LogP contribution is 2.29. The van der Waals surface area contributed by atoms with Gasteiger partial charge in [0, 0.05) is 13.1 Å². The topological polar surface area (TPSA) is 93.4 Å². The normalized spacial score (nSPS) is 14.4. The van der Waals surface area contributed by atoms with E-state index in [1.807, 2.05) is 6.07 Å². The van der Waals surface area contributed by atoms with Crippen LogP contribution in [0.4, 0.5) is 11.4 Å². The van der Waals surface area contributed by atoms with E-state index in [9.17, 15) is 14.9 Å². The molecule has 6 heteroatoms. The molecule has 1 amide bonds. The largest absolute Gasteiger partial charge is 0.474 e. The fraction of sp³-hybridized carbons (Fsp3) is 0.357. The van der Waals surface area contributed by atoms with Crippen molar-refractivity contribution in [2.24, 2.45) is 0 Å². The maximum Gasteiger partial charge on any atom is 0.394 e. The van der Waals surface area contributed by atoms with Crippen molar-refractivity contribution in [3.63, 3.8) is 0 Å². The molecule has 0 spiro atoms. The summed E-state index contributed by atoms with van der Waals surface area (Å²) < 4.78 is 0. The van der Waals surface area contributed by atoms with E-state index in [0.717, 1.165) is 31.6 Å². The van der Waals surface area contributed by atoms with Gasteiger partial charge in [0.25, 0.3) is 0 Å². The Morgan fingerprint density at radius 3 is 2.55 bits per heavy atom. The first-order valence-corrected chi connectivity index (χ1v) is 6.46. The Labute approximate surface area is 116 Å². The number of carboxylic acid groups (broad SMARTS) is 1. The molecule has 20 heavy (non-hydrogen) atoms. The van der Waals surface area contributed by atoms with Crippen molar-refractivity contribution >= 4 is 23.3 Å². The summed E-state index contributed by atoms with van der Waals surface area (Å²) in [7, 11) is 0. The number of amides is 1. The van der Waals surface area contributed by atoms with Crippen LogP contribution in [0.5, 0.6) is 0 Å². The monoisotopic (exact) mass is 273 g/mol. The zero-order chi connectivity index (χ0) is 14.5. The fourth-order valence-corrected chi connectivity index (χ4v) is 2.34. The Hall–Kier alpha value is -2.55. The van der Waals surface area contributed by atoms with Crippen LogP contribution < -0.4 is 10.2 Å². The second-order valence-electron chi connectivity index (χ2n) is 4.62. The number of anilines is 2. The van der Waals surface area contributed by atoms with Crippen molar-refractivity contribution in [3.05, 3.63) is 23.8 Å². The summed E-state index contributed by atoms with van der Waals surface area (Å²) >= 11 is 0. The summed E-state index contributed by atoms with van der Waals surface area (Å²) in [4.78, 5) is 23.9. The first-order valence-electron chi connectivity index (χ1n) is 6.46. The minimum absolute atomic E-state index is 0.239. The SMILES string of the molecule is N#Cc1c(NC(=O)C(=O)O)cccc1N1CCCCC1. The summed E-state index contributed by atoms with van der Waals surface area (Å²) in [5, 5.41) is 20.2. The molecular formula is C14H15N3O3. The molecule has 0 atom stereocenters. The van der Waals surface area contributed by atoms with Crippen LogP contribution in [0, 0.1) is 11.3 Å². The molecule has 1 aliphatic heterocycles. The Kier molecular flexibility index (Phi) is 4.20. The number of benzene rings is 1. The van der Waals surface area contributed by atoms with Crippen molar-refractivity contribution in [3.8, 4) is 6.07 Å². The van der Waals surface area contributed by atoms with E-state index in [0.29, 0.717) is 5.56 Å². The molecule has 0 aliphatic carbocycles. The van der Waals surface area contributed by atoms with Crippen LogP contribution in [0.1, 0.15) is 24.8 Å².